The molecule has 1 aromatic carbocycles. The van der Waals surface area contributed by atoms with E-state index in [-0.39, 0.29) is 5.69 Å². The lowest BCUT2D eigenvalue weighted by atomic mass is 10.2. The number of aliphatic imine (C=N–C) groups is 1. The number of benzene rings is 1. The number of hydrogen-bond donors (Lipinski definition) is 2. The van der Waals surface area contributed by atoms with Gasteiger partial charge in [0.15, 0.2) is 0 Å². The maximum absolute atomic E-state index is 10.5. The van der Waals surface area contributed by atoms with E-state index in [4.69, 9.17) is 5.73 Å². The Morgan fingerprint density at radius 1 is 1.37 bits per heavy atom. The van der Waals surface area contributed by atoms with Gasteiger partial charge in [-0.15, -0.1) is 0 Å². The summed E-state index contributed by atoms with van der Waals surface area (Å²) in [7, 11) is 0. The average molecular weight is 262 g/mol. The van der Waals surface area contributed by atoms with E-state index in [1.54, 1.807) is 13.8 Å². The van der Waals surface area contributed by atoms with Gasteiger partial charge in [-0.25, -0.2) is 0 Å². The molecule has 0 aliphatic rings. The molecule has 0 spiro atoms. The van der Waals surface area contributed by atoms with Crippen LogP contribution in [0.3, 0.4) is 0 Å². The Hall–Kier alpha value is -2.70. The predicted molar refractivity (Wildman–Crippen MR) is 72.0 cm³/mol. The van der Waals surface area contributed by atoms with Gasteiger partial charge in [-0.3, -0.25) is 19.9 Å². The third-order valence-corrected chi connectivity index (χ3v) is 2.32. The molecule has 0 bridgehead atoms. The number of non-ortho nitro benzene ring substituents is 1. The highest BCUT2D eigenvalue weighted by Crippen LogP contribution is 2.18. The Morgan fingerprint density at radius 2 is 1.95 bits per heavy atom. The molecular weight excluding hydrogens is 248 g/mol. The van der Waals surface area contributed by atoms with Crippen molar-refractivity contribution in [3.63, 3.8) is 0 Å². The summed E-state index contributed by atoms with van der Waals surface area (Å²) in [6, 6.07) is 5.76. The molecule has 1 amide bonds. The highest BCUT2D eigenvalue weighted by atomic mass is 16.6. The van der Waals surface area contributed by atoms with E-state index in [0.717, 1.165) is 0 Å². The van der Waals surface area contributed by atoms with E-state index in [2.05, 4.69) is 10.3 Å². The van der Waals surface area contributed by atoms with Crippen LogP contribution in [0.1, 0.15) is 13.8 Å². The lowest BCUT2D eigenvalue weighted by Gasteiger charge is -2.07. The summed E-state index contributed by atoms with van der Waals surface area (Å²) in [5.41, 5.74) is 7.53. The van der Waals surface area contributed by atoms with Gasteiger partial charge in [0.1, 0.15) is 0 Å². The normalized spacial score (nSPS) is 12.6. The van der Waals surface area contributed by atoms with Crippen molar-refractivity contribution in [3.8, 4) is 0 Å². The molecule has 1 rings (SSSR count). The molecule has 100 valence electrons. The number of nitrogens with two attached hydrogens (primary N) is 1. The van der Waals surface area contributed by atoms with E-state index in [1.165, 1.54) is 24.3 Å². The van der Waals surface area contributed by atoms with E-state index in [1.807, 2.05) is 0 Å². The number of nitrogens with one attached hydrogen (secondary N) is 1. The lowest BCUT2D eigenvalue weighted by molar-refractivity contribution is -0.384. The second-order valence-corrected chi connectivity index (χ2v) is 3.79. The van der Waals surface area contributed by atoms with Crippen LogP contribution >= 0.6 is 0 Å². The van der Waals surface area contributed by atoms with Crippen LogP contribution in [0.5, 0.6) is 0 Å². The first kappa shape index (κ1) is 14.4. The smallest absolute Gasteiger partial charge is 0.269 e. The standard InChI is InChI=1S/C12H14N4O3/c1-8(13)12(14-7-17)9(2)15-10-3-5-11(6-4-10)16(18)19/h3-7H,13H2,1-2H3,(H,14,17). The van der Waals surface area contributed by atoms with Gasteiger partial charge in [0.05, 0.1) is 22.0 Å². The molecule has 0 atom stereocenters. The Kier molecular flexibility index (Phi) is 4.76. The number of amides is 1. The highest BCUT2D eigenvalue weighted by molar-refractivity contribution is 6.01. The van der Waals surface area contributed by atoms with Crippen molar-refractivity contribution in [1.29, 1.82) is 0 Å². The number of nitro groups is 1. The third-order valence-electron chi connectivity index (χ3n) is 2.32. The molecule has 0 aromatic heterocycles. The fourth-order valence-electron chi connectivity index (χ4n) is 1.46. The molecular formula is C12H14N4O3. The Morgan fingerprint density at radius 3 is 2.37 bits per heavy atom. The van der Waals surface area contributed by atoms with E-state index in [0.29, 0.717) is 29.2 Å². The number of nitro benzene ring substituents is 1. The quantitative estimate of drug-likeness (QED) is 0.363. The number of nitrogens with zero attached hydrogens (tertiary/aromatic N) is 2. The van der Waals surface area contributed by atoms with Crippen molar-refractivity contribution in [2.75, 3.05) is 0 Å². The maximum Gasteiger partial charge on any atom is 0.269 e. The topological polar surface area (TPSA) is 111 Å². The van der Waals surface area contributed by atoms with Crippen molar-refractivity contribution >= 4 is 23.5 Å². The molecule has 0 saturated carbocycles. The van der Waals surface area contributed by atoms with Crippen molar-refractivity contribution in [1.82, 2.24) is 5.32 Å². The van der Waals surface area contributed by atoms with Crippen LogP contribution in [0.4, 0.5) is 11.4 Å². The fraction of sp³-hybridized carbons (Fsp3) is 0.167. The van der Waals surface area contributed by atoms with Gasteiger partial charge in [-0.05, 0) is 26.0 Å². The Bertz CT molecular complexity index is 543. The van der Waals surface area contributed by atoms with Crippen LogP contribution in [0.15, 0.2) is 40.7 Å². The van der Waals surface area contributed by atoms with Crippen LogP contribution in [0.25, 0.3) is 0 Å². The molecule has 1 aromatic rings. The van der Waals surface area contributed by atoms with Crippen molar-refractivity contribution in [3.05, 3.63) is 45.8 Å². The minimum atomic E-state index is -0.482. The summed E-state index contributed by atoms with van der Waals surface area (Å²) in [6.45, 7) is 3.32. The number of allylic oxidation sites excluding steroid dienone is 2. The zero-order valence-corrected chi connectivity index (χ0v) is 10.6. The summed E-state index contributed by atoms with van der Waals surface area (Å²) < 4.78 is 0. The zero-order valence-electron chi connectivity index (χ0n) is 10.6. The molecule has 7 nitrogen and oxygen atoms in total. The second kappa shape index (κ2) is 6.29. The van der Waals surface area contributed by atoms with Gasteiger partial charge in [-0.1, -0.05) is 0 Å². The molecule has 7 heteroatoms. The van der Waals surface area contributed by atoms with Gasteiger partial charge in [0, 0.05) is 17.8 Å². The SMILES string of the molecule is CC(=Nc1ccc([N+](=O)[O-])cc1)C(NC=O)=C(C)N. The largest absolute Gasteiger partial charge is 0.401 e. The molecule has 3 N–H and O–H groups in total. The summed E-state index contributed by atoms with van der Waals surface area (Å²) in [5.74, 6) is 0. The summed E-state index contributed by atoms with van der Waals surface area (Å²) in [6.07, 6.45) is 0.514. The molecule has 0 heterocycles. The van der Waals surface area contributed by atoms with Crippen LogP contribution in [-0.4, -0.2) is 17.0 Å². The van der Waals surface area contributed by atoms with Gasteiger partial charge in [0.2, 0.25) is 6.41 Å². The molecule has 0 radical (unpaired) electrons. The maximum atomic E-state index is 10.5. The lowest BCUT2D eigenvalue weighted by Crippen LogP contribution is -2.21. The first-order valence-corrected chi connectivity index (χ1v) is 5.42. The molecule has 0 aliphatic carbocycles. The summed E-state index contributed by atoms with van der Waals surface area (Å²) in [4.78, 5) is 24.7. The summed E-state index contributed by atoms with van der Waals surface area (Å²) >= 11 is 0. The number of hydrogen-bond acceptors (Lipinski definition) is 5. The van der Waals surface area contributed by atoms with E-state index < -0.39 is 4.92 Å². The van der Waals surface area contributed by atoms with E-state index in [9.17, 15) is 14.9 Å². The van der Waals surface area contributed by atoms with Crippen molar-refractivity contribution < 1.29 is 9.72 Å². The first-order chi connectivity index (χ1) is 8.95. The van der Waals surface area contributed by atoms with Gasteiger partial charge in [0.25, 0.3) is 5.69 Å². The first-order valence-electron chi connectivity index (χ1n) is 5.42. The zero-order chi connectivity index (χ0) is 14.4. The molecule has 0 aliphatic heterocycles. The molecule has 0 unspecified atom stereocenters. The van der Waals surface area contributed by atoms with E-state index >= 15 is 0 Å². The Balaban J connectivity index is 3.04. The van der Waals surface area contributed by atoms with Gasteiger partial charge < -0.3 is 11.1 Å². The Labute approximate surface area is 110 Å². The van der Waals surface area contributed by atoms with Crippen LogP contribution in [0.2, 0.25) is 0 Å². The molecule has 0 fully saturated rings. The van der Waals surface area contributed by atoms with Crippen LogP contribution in [-0.2, 0) is 4.79 Å². The second-order valence-electron chi connectivity index (χ2n) is 3.79. The molecule has 0 saturated heterocycles. The average Bonchev–Trinajstić information content (AvgIpc) is 2.36. The van der Waals surface area contributed by atoms with Crippen molar-refractivity contribution in [2.24, 2.45) is 10.7 Å². The number of carbonyl (C=O) groups is 1. The summed E-state index contributed by atoms with van der Waals surface area (Å²) in [5, 5.41) is 13.0. The number of rotatable bonds is 5. The van der Waals surface area contributed by atoms with Crippen LogP contribution in [0, 0.1) is 10.1 Å². The van der Waals surface area contributed by atoms with Crippen LogP contribution < -0.4 is 11.1 Å². The van der Waals surface area contributed by atoms with Gasteiger partial charge >= 0.3 is 0 Å². The predicted octanol–water partition coefficient (Wildman–Crippen LogP) is 1.62. The fourth-order valence-corrected chi connectivity index (χ4v) is 1.46. The third kappa shape index (κ3) is 3.91. The minimum absolute atomic E-state index is 0.00612. The highest BCUT2D eigenvalue weighted by Gasteiger charge is 2.06. The number of carbonyl (C=O) groups excluding carboxylic acids is 1. The van der Waals surface area contributed by atoms with Crippen molar-refractivity contribution in [2.45, 2.75) is 13.8 Å². The van der Waals surface area contributed by atoms with Gasteiger partial charge in [-0.2, -0.15) is 0 Å². The monoisotopic (exact) mass is 262 g/mol. The molecule has 19 heavy (non-hydrogen) atoms. The minimum Gasteiger partial charge on any atom is -0.401 e.